The van der Waals surface area contributed by atoms with Crippen LogP contribution in [0.5, 0.6) is 0 Å². The summed E-state index contributed by atoms with van der Waals surface area (Å²) in [6.07, 6.45) is 2.90. The van der Waals surface area contributed by atoms with Crippen molar-refractivity contribution in [2.75, 3.05) is 64.4 Å². The first-order valence-electron chi connectivity index (χ1n) is 9.70. The molecule has 0 atom stereocenters. The van der Waals surface area contributed by atoms with E-state index in [4.69, 9.17) is 4.74 Å². The number of pyridine rings is 1. The highest BCUT2D eigenvalue weighted by molar-refractivity contribution is 14.0. The highest BCUT2D eigenvalue weighted by atomic mass is 127. The summed E-state index contributed by atoms with van der Waals surface area (Å²) >= 11 is 0. The predicted octanol–water partition coefficient (Wildman–Crippen LogP) is 1.93. The number of methoxy groups -OCH3 is 1. The Morgan fingerprint density at radius 1 is 1.19 bits per heavy atom. The molecule has 0 bridgehead atoms. The molecule has 1 aromatic heterocycles. The van der Waals surface area contributed by atoms with Gasteiger partial charge < -0.3 is 25.2 Å². The molecule has 0 spiro atoms. The molecule has 1 fully saturated rings. The fourth-order valence-electron chi connectivity index (χ4n) is 2.93. The molecule has 1 aliphatic rings. The van der Waals surface area contributed by atoms with Crippen LogP contribution in [0.25, 0.3) is 0 Å². The maximum atomic E-state index is 5.07. The van der Waals surface area contributed by atoms with Gasteiger partial charge in [-0.1, -0.05) is 13.0 Å². The second-order valence-corrected chi connectivity index (χ2v) is 6.41. The summed E-state index contributed by atoms with van der Waals surface area (Å²) in [7, 11) is 1.72. The molecule has 0 radical (unpaired) electrons. The molecule has 1 aromatic rings. The Balaban J connectivity index is 0.00000364. The van der Waals surface area contributed by atoms with Gasteiger partial charge in [-0.15, -0.1) is 24.0 Å². The summed E-state index contributed by atoms with van der Waals surface area (Å²) in [4.78, 5) is 14.1. The zero-order valence-electron chi connectivity index (χ0n) is 16.9. The average molecular weight is 490 g/mol. The van der Waals surface area contributed by atoms with Gasteiger partial charge in [0, 0.05) is 59.2 Å². The van der Waals surface area contributed by atoms with Gasteiger partial charge in [0.15, 0.2) is 5.96 Å². The van der Waals surface area contributed by atoms with E-state index in [1.807, 2.05) is 6.20 Å². The number of halogens is 1. The van der Waals surface area contributed by atoms with E-state index >= 15 is 0 Å². The zero-order valence-corrected chi connectivity index (χ0v) is 19.2. The van der Waals surface area contributed by atoms with Gasteiger partial charge in [-0.2, -0.15) is 0 Å². The molecule has 2 N–H and O–H groups in total. The molecule has 8 heteroatoms. The molecule has 1 aliphatic heterocycles. The lowest BCUT2D eigenvalue weighted by molar-refractivity contribution is 0.195. The lowest BCUT2D eigenvalue weighted by atomic mass is 10.2. The first-order valence-corrected chi connectivity index (χ1v) is 9.70. The van der Waals surface area contributed by atoms with Crippen molar-refractivity contribution in [3.63, 3.8) is 0 Å². The van der Waals surface area contributed by atoms with Crippen LogP contribution < -0.4 is 15.5 Å². The number of ether oxygens (including phenoxy) is 1. The van der Waals surface area contributed by atoms with E-state index in [2.05, 4.69) is 56.4 Å². The van der Waals surface area contributed by atoms with E-state index < -0.39 is 0 Å². The van der Waals surface area contributed by atoms with Gasteiger partial charge in [0.1, 0.15) is 5.82 Å². The van der Waals surface area contributed by atoms with E-state index in [0.29, 0.717) is 6.54 Å². The fourth-order valence-corrected chi connectivity index (χ4v) is 2.93. The van der Waals surface area contributed by atoms with Crippen LogP contribution in [-0.2, 0) is 11.3 Å². The topological polar surface area (TPSA) is 65.0 Å². The first kappa shape index (κ1) is 23.9. The monoisotopic (exact) mass is 490 g/mol. The Bertz CT molecular complexity index is 532. The molecule has 2 heterocycles. The molecular formula is C19H35IN6O. The van der Waals surface area contributed by atoms with Crippen molar-refractivity contribution in [2.24, 2.45) is 4.99 Å². The maximum Gasteiger partial charge on any atom is 0.191 e. The van der Waals surface area contributed by atoms with Crippen molar-refractivity contribution in [3.05, 3.63) is 23.9 Å². The molecular weight excluding hydrogens is 455 g/mol. The first-order chi connectivity index (χ1) is 12.8. The molecule has 0 saturated carbocycles. The third-order valence-corrected chi connectivity index (χ3v) is 4.53. The molecule has 154 valence electrons. The van der Waals surface area contributed by atoms with Crippen molar-refractivity contribution < 1.29 is 4.74 Å². The Kier molecular flexibility index (Phi) is 12.4. The summed E-state index contributed by atoms with van der Waals surface area (Å²) in [5.74, 6) is 1.90. The van der Waals surface area contributed by atoms with Crippen LogP contribution in [0, 0.1) is 0 Å². The van der Waals surface area contributed by atoms with Crippen molar-refractivity contribution in [1.29, 1.82) is 0 Å². The average Bonchev–Trinajstić information content (AvgIpc) is 2.70. The van der Waals surface area contributed by atoms with Gasteiger partial charge in [0.05, 0.1) is 6.54 Å². The van der Waals surface area contributed by atoms with Crippen LogP contribution in [0.3, 0.4) is 0 Å². The SMILES string of the molecule is CCNC(=NCc1ccc(N2CCN(CC)CC2)nc1)NCCCOC.I. The third kappa shape index (κ3) is 8.61. The number of nitrogens with zero attached hydrogens (tertiary/aromatic N) is 4. The van der Waals surface area contributed by atoms with Crippen molar-refractivity contribution in [1.82, 2.24) is 20.5 Å². The number of hydrogen-bond acceptors (Lipinski definition) is 5. The van der Waals surface area contributed by atoms with Gasteiger partial charge in [0.25, 0.3) is 0 Å². The normalized spacial score (nSPS) is 15.4. The fraction of sp³-hybridized carbons (Fsp3) is 0.684. The predicted molar refractivity (Wildman–Crippen MR) is 123 cm³/mol. The van der Waals surface area contributed by atoms with E-state index in [1.165, 1.54) is 0 Å². The number of rotatable bonds is 9. The highest BCUT2D eigenvalue weighted by Gasteiger charge is 2.16. The van der Waals surface area contributed by atoms with Crippen molar-refractivity contribution in [2.45, 2.75) is 26.8 Å². The smallest absolute Gasteiger partial charge is 0.191 e. The van der Waals surface area contributed by atoms with Gasteiger partial charge in [-0.3, -0.25) is 0 Å². The van der Waals surface area contributed by atoms with Crippen molar-refractivity contribution >= 4 is 35.8 Å². The quantitative estimate of drug-likeness (QED) is 0.239. The number of nitrogens with one attached hydrogen (secondary N) is 2. The van der Waals surface area contributed by atoms with E-state index in [9.17, 15) is 0 Å². The number of anilines is 1. The Hall–Kier alpha value is -1.13. The van der Waals surface area contributed by atoms with Gasteiger partial charge in [-0.05, 0) is 31.5 Å². The highest BCUT2D eigenvalue weighted by Crippen LogP contribution is 2.14. The van der Waals surface area contributed by atoms with Crippen LogP contribution in [-0.4, -0.2) is 75.4 Å². The van der Waals surface area contributed by atoms with E-state index in [1.54, 1.807) is 7.11 Å². The van der Waals surface area contributed by atoms with Crippen LogP contribution in [0.15, 0.2) is 23.3 Å². The van der Waals surface area contributed by atoms with Crippen LogP contribution in [0.1, 0.15) is 25.8 Å². The van der Waals surface area contributed by atoms with E-state index in [0.717, 1.165) is 76.2 Å². The second-order valence-electron chi connectivity index (χ2n) is 6.41. The standard InChI is InChI=1S/C19H34N6O.HI/c1-4-20-19(21-9-6-14-26-3)23-16-17-7-8-18(22-15-17)25-12-10-24(5-2)11-13-25;/h7-8,15H,4-6,9-14,16H2,1-3H3,(H2,20,21,23);1H. The van der Waals surface area contributed by atoms with Gasteiger partial charge >= 0.3 is 0 Å². The lowest BCUT2D eigenvalue weighted by Gasteiger charge is -2.34. The minimum Gasteiger partial charge on any atom is -0.385 e. The lowest BCUT2D eigenvalue weighted by Crippen LogP contribution is -2.46. The number of piperazine rings is 1. The van der Waals surface area contributed by atoms with Gasteiger partial charge in [-0.25, -0.2) is 9.98 Å². The van der Waals surface area contributed by atoms with Crippen molar-refractivity contribution in [3.8, 4) is 0 Å². The van der Waals surface area contributed by atoms with Crippen LogP contribution in [0.4, 0.5) is 5.82 Å². The van der Waals surface area contributed by atoms with Crippen LogP contribution >= 0.6 is 24.0 Å². The Labute approximate surface area is 181 Å². The number of aromatic nitrogens is 1. The van der Waals surface area contributed by atoms with Gasteiger partial charge in [0.2, 0.25) is 0 Å². The Morgan fingerprint density at radius 3 is 2.56 bits per heavy atom. The number of guanidine groups is 1. The summed E-state index contributed by atoms with van der Waals surface area (Å²) in [5.41, 5.74) is 1.12. The summed E-state index contributed by atoms with van der Waals surface area (Å²) in [6.45, 7) is 12.8. The minimum atomic E-state index is 0. The molecule has 27 heavy (non-hydrogen) atoms. The number of aliphatic imine (C=N–C) groups is 1. The van der Waals surface area contributed by atoms with E-state index in [-0.39, 0.29) is 24.0 Å². The maximum absolute atomic E-state index is 5.07. The number of hydrogen-bond donors (Lipinski definition) is 2. The molecule has 7 nitrogen and oxygen atoms in total. The zero-order chi connectivity index (χ0) is 18.6. The summed E-state index contributed by atoms with van der Waals surface area (Å²) < 4.78 is 5.07. The molecule has 0 aromatic carbocycles. The summed E-state index contributed by atoms with van der Waals surface area (Å²) in [5, 5.41) is 6.59. The third-order valence-electron chi connectivity index (χ3n) is 4.53. The largest absolute Gasteiger partial charge is 0.385 e. The molecule has 1 saturated heterocycles. The molecule has 0 aliphatic carbocycles. The molecule has 0 unspecified atom stereocenters. The Morgan fingerprint density at radius 2 is 1.96 bits per heavy atom. The van der Waals surface area contributed by atoms with Crippen LogP contribution in [0.2, 0.25) is 0 Å². The summed E-state index contributed by atoms with van der Waals surface area (Å²) in [6, 6.07) is 4.25. The minimum absolute atomic E-state index is 0. The second kappa shape index (κ2) is 14.0. The number of likely N-dealkylation sites (N-methyl/N-ethyl adjacent to an activating group) is 1. The molecule has 0 amide bonds. The molecule has 2 rings (SSSR count).